The van der Waals surface area contributed by atoms with Crippen LogP contribution in [0.5, 0.6) is 0 Å². The molecule has 96 valence electrons. The Morgan fingerprint density at radius 1 is 1.53 bits per heavy atom. The zero-order chi connectivity index (χ0) is 12.1. The van der Waals surface area contributed by atoms with Crippen LogP contribution in [0.25, 0.3) is 0 Å². The van der Waals surface area contributed by atoms with E-state index in [0.717, 1.165) is 25.5 Å². The molecule has 1 heterocycles. The van der Waals surface area contributed by atoms with Crippen LogP contribution in [0.3, 0.4) is 0 Å². The molecule has 0 atom stereocenters. The summed E-state index contributed by atoms with van der Waals surface area (Å²) in [5.41, 5.74) is 0. The molecule has 0 radical (unpaired) electrons. The first-order chi connectivity index (χ1) is 8.25. The molecule has 0 aliphatic heterocycles. The highest BCUT2D eigenvalue weighted by molar-refractivity contribution is 4.88. The Labute approximate surface area is 103 Å². The van der Waals surface area contributed by atoms with Crippen molar-refractivity contribution in [3.8, 4) is 0 Å². The van der Waals surface area contributed by atoms with Gasteiger partial charge in [-0.2, -0.15) is 5.10 Å². The van der Waals surface area contributed by atoms with Crippen molar-refractivity contribution < 1.29 is 4.74 Å². The summed E-state index contributed by atoms with van der Waals surface area (Å²) >= 11 is 0. The van der Waals surface area contributed by atoms with Gasteiger partial charge in [0.15, 0.2) is 0 Å². The van der Waals surface area contributed by atoms with Crippen LogP contribution < -0.4 is 5.32 Å². The molecule has 0 aromatic carbocycles. The summed E-state index contributed by atoms with van der Waals surface area (Å²) in [6.45, 7) is 7.42. The number of hydrogen-bond donors (Lipinski definition) is 1. The summed E-state index contributed by atoms with van der Waals surface area (Å²) in [6.07, 6.45) is 4.21. The van der Waals surface area contributed by atoms with Crippen molar-refractivity contribution in [2.24, 2.45) is 5.92 Å². The lowest BCUT2D eigenvalue weighted by Gasteiger charge is -2.09. The van der Waals surface area contributed by atoms with E-state index in [-0.39, 0.29) is 0 Å². The van der Waals surface area contributed by atoms with Crippen LogP contribution in [0.4, 0.5) is 0 Å². The summed E-state index contributed by atoms with van der Waals surface area (Å²) in [5.74, 6) is 1.59. The molecule has 0 spiro atoms. The van der Waals surface area contributed by atoms with Crippen molar-refractivity contribution >= 4 is 0 Å². The molecule has 5 heteroatoms. The zero-order valence-electron chi connectivity index (χ0n) is 10.7. The zero-order valence-corrected chi connectivity index (χ0v) is 10.7. The van der Waals surface area contributed by atoms with Crippen molar-refractivity contribution in [1.29, 1.82) is 0 Å². The van der Waals surface area contributed by atoms with Gasteiger partial charge >= 0.3 is 0 Å². The fourth-order valence-electron chi connectivity index (χ4n) is 1.60. The van der Waals surface area contributed by atoms with E-state index in [9.17, 15) is 0 Å². The maximum atomic E-state index is 5.55. The molecule has 17 heavy (non-hydrogen) atoms. The van der Waals surface area contributed by atoms with Gasteiger partial charge in [0.25, 0.3) is 0 Å². The summed E-state index contributed by atoms with van der Waals surface area (Å²) in [7, 11) is 0. The molecule has 1 aromatic heterocycles. The van der Waals surface area contributed by atoms with E-state index in [1.54, 1.807) is 6.33 Å². The fraction of sp³-hybridized carbons (Fsp3) is 0.833. The topological polar surface area (TPSA) is 52.0 Å². The standard InChI is InChI=1S/C12H22N4O/c1-10(2)8-17-6-5-16-12(14-9-15-16)7-13-11-3-4-11/h9-11,13H,3-8H2,1-2H3. The van der Waals surface area contributed by atoms with Crippen LogP contribution in [-0.2, 0) is 17.8 Å². The van der Waals surface area contributed by atoms with Gasteiger partial charge < -0.3 is 10.1 Å². The maximum Gasteiger partial charge on any atom is 0.140 e. The van der Waals surface area contributed by atoms with Crippen LogP contribution in [0.2, 0.25) is 0 Å². The molecular weight excluding hydrogens is 216 g/mol. The third-order valence-corrected chi connectivity index (χ3v) is 2.72. The van der Waals surface area contributed by atoms with Gasteiger partial charge in [-0.1, -0.05) is 13.8 Å². The third-order valence-electron chi connectivity index (χ3n) is 2.72. The van der Waals surface area contributed by atoms with Gasteiger partial charge in [0.05, 0.1) is 19.7 Å². The molecule has 2 rings (SSSR count). The van der Waals surface area contributed by atoms with Crippen LogP contribution in [0.15, 0.2) is 6.33 Å². The molecule has 0 bridgehead atoms. The normalized spacial score (nSPS) is 15.7. The van der Waals surface area contributed by atoms with E-state index >= 15 is 0 Å². The van der Waals surface area contributed by atoms with Gasteiger partial charge in [-0.25, -0.2) is 9.67 Å². The minimum atomic E-state index is 0.585. The van der Waals surface area contributed by atoms with Gasteiger partial charge in [-0.05, 0) is 18.8 Å². The maximum absolute atomic E-state index is 5.55. The smallest absolute Gasteiger partial charge is 0.140 e. The number of nitrogens with zero attached hydrogens (tertiary/aromatic N) is 3. The second-order valence-corrected chi connectivity index (χ2v) is 5.02. The second-order valence-electron chi connectivity index (χ2n) is 5.02. The SMILES string of the molecule is CC(C)COCCn1ncnc1CNC1CC1. The Morgan fingerprint density at radius 3 is 3.06 bits per heavy atom. The first-order valence-corrected chi connectivity index (χ1v) is 6.43. The Morgan fingerprint density at radius 2 is 2.35 bits per heavy atom. The number of rotatable bonds is 8. The van der Waals surface area contributed by atoms with Crippen molar-refractivity contribution in [3.63, 3.8) is 0 Å². The van der Waals surface area contributed by atoms with Crippen LogP contribution in [-0.4, -0.2) is 34.0 Å². The Kier molecular flexibility index (Phi) is 4.50. The lowest BCUT2D eigenvalue weighted by molar-refractivity contribution is 0.100. The predicted molar refractivity (Wildman–Crippen MR) is 65.5 cm³/mol. The minimum Gasteiger partial charge on any atom is -0.379 e. The van der Waals surface area contributed by atoms with Crippen molar-refractivity contribution in [1.82, 2.24) is 20.1 Å². The highest BCUT2D eigenvalue weighted by Crippen LogP contribution is 2.18. The van der Waals surface area contributed by atoms with Gasteiger partial charge in [0, 0.05) is 12.6 Å². The van der Waals surface area contributed by atoms with E-state index < -0.39 is 0 Å². The van der Waals surface area contributed by atoms with E-state index in [1.165, 1.54) is 12.8 Å². The van der Waals surface area contributed by atoms with Crippen LogP contribution in [0, 0.1) is 5.92 Å². The van der Waals surface area contributed by atoms with Crippen molar-refractivity contribution in [2.45, 2.75) is 45.8 Å². The fourth-order valence-corrected chi connectivity index (χ4v) is 1.60. The lowest BCUT2D eigenvalue weighted by Crippen LogP contribution is -2.20. The Bertz CT molecular complexity index is 333. The molecule has 1 N–H and O–H groups in total. The molecular formula is C12H22N4O. The number of aromatic nitrogens is 3. The van der Waals surface area contributed by atoms with Gasteiger partial charge in [0.2, 0.25) is 0 Å². The predicted octanol–water partition coefficient (Wildman–Crippen LogP) is 1.20. The number of nitrogens with one attached hydrogen (secondary N) is 1. The van der Waals surface area contributed by atoms with Crippen LogP contribution >= 0.6 is 0 Å². The molecule has 1 aliphatic carbocycles. The van der Waals surface area contributed by atoms with Gasteiger partial charge in [-0.3, -0.25) is 0 Å². The monoisotopic (exact) mass is 238 g/mol. The van der Waals surface area contributed by atoms with Gasteiger partial charge in [-0.15, -0.1) is 0 Å². The summed E-state index contributed by atoms with van der Waals surface area (Å²) in [6, 6.07) is 0.706. The van der Waals surface area contributed by atoms with Crippen LogP contribution in [0.1, 0.15) is 32.5 Å². The van der Waals surface area contributed by atoms with Gasteiger partial charge in [0.1, 0.15) is 12.2 Å². The Hall–Kier alpha value is -0.940. The average molecular weight is 238 g/mol. The van der Waals surface area contributed by atoms with E-state index in [0.29, 0.717) is 18.6 Å². The largest absolute Gasteiger partial charge is 0.379 e. The first kappa shape index (κ1) is 12.5. The first-order valence-electron chi connectivity index (χ1n) is 6.43. The second kappa shape index (κ2) is 6.12. The van der Waals surface area contributed by atoms with Crippen molar-refractivity contribution in [2.75, 3.05) is 13.2 Å². The highest BCUT2D eigenvalue weighted by Gasteiger charge is 2.20. The molecule has 5 nitrogen and oxygen atoms in total. The lowest BCUT2D eigenvalue weighted by atomic mass is 10.2. The highest BCUT2D eigenvalue weighted by atomic mass is 16.5. The molecule has 1 fully saturated rings. The third kappa shape index (κ3) is 4.44. The molecule has 1 aromatic rings. The van der Waals surface area contributed by atoms with E-state index in [4.69, 9.17) is 4.74 Å². The average Bonchev–Trinajstić information content (AvgIpc) is 3.02. The molecule has 0 amide bonds. The summed E-state index contributed by atoms with van der Waals surface area (Å²) in [4.78, 5) is 4.26. The Balaban J connectivity index is 1.69. The quantitative estimate of drug-likeness (QED) is 0.691. The number of hydrogen-bond acceptors (Lipinski definition) is 4. The van der Waals surface area contributed by atoms with E-state index in [2.05, 4.69) is 29.2 Å². The van der Waals surface area contributed by atoms with E-state index in [1.807, 2.05) is 4.68 Å². The molecule has 1 aliphatic rings. The summed E-state index contributed by atoms with van der Waals surface area (Å²) < 4.78 is 7.48. The molecule has 0 saturated heterocycles. The molecule has 0 unspecified atom stereocenters. The number of ether oxygens (including phenoxy) is 1. The molecule has 1 saturated carbocycles. The minimum absolute atomic E-state index is 0.585. The summed E-state index contributed by atoms with van der Waals surface area (Å²) in [5, 5.41) is 7.66. The van der Waals surface area contributed by atoms with Crippen molar-refractivity contribution in [3.05, 3.63) is 12.2 Å².